The van der Waals surface area contributed by atoms with E-state index in [1.165, 1.54) is 26.6 Å². The minimum Gasteiger partial charge on any atom is -0.368 e. The fourth-order valence-corrected chi connectivity index (χ4v) is 7.30. The number of hydrogen-bond acceptors (Lipinski definition) is 7. The van der Waals surface area contributed by atoms with E-state index in [-0.39, 0.29) is 36.9 Å². The maximum Gasteiger partial charge on any atom is 0.283 e. The standard InChI is InChI=1S/C23H24ClN5O4S2.ClH/c1-27-7-6-18-20(13-27)34-22(26-18)23(31)29-9-8-28(12-19(29)21(25)30)35(32,33)17-5-3-14-10-16(24)4-2-15(14)11-17;/h2-5,10-11,19H,6-9,12-13H2,1H3,(H2,25,30);1H. The second-order valence-electron chi connectivity index (χ2n) is 8.81. The molecule has 1 saturated heterocycles. The lowest BCUT2D eigenvalue weighted by atomic mass is 10.1. The van der Waals surface area contributed by atoms with Crippen LogP contribution in [0.15, 0.2) is 41.3 Å². The lowest BCUT2D eigenvalue weighted by molar-refractivity contribution is -0.123. The number of carbonyl (C=O) groups excluding carboxylic acids is 2. The highest BCUT2D eigenvalue weighted by Gasteiger charge is 2.40. The third kappa shape index (κ3) is 4.96. The van der Waals surface area contributed by atoms with Gasteiger partial charge >= 0.3 is 0 Å². The van der Waals surface area contributed by atoms with Crippen molar-refractivity contribution in [3.05, 3.63) is 57.0 Å². The van der Waals surface area contributed by atoms with Crippen LogP contribution >= 0.6 is 35.3 Å². The van der Waals surface area contributed by atoms with Crippen LogP contribution in [0.4, 0.5) is 0 Å². The summed E-state index contributed by atoms with van der Waals surface area (Å²) < 4.78 is 28.0. The van der Waals surface area contributed by atoms with Crippen molar-refractivity contribution >= 4 is 68.0 Å². The molecule has 3 heterocycles. The van der Waals surface area contributed by atoms with E-state index >= 15 is 0 Å². The van der Waals surface area contributed by atoms with E-state index in [0.717, 1.165) is 40.9 Å². The number of likely N-dealkylation sites (N-methyl/N-ethyl adjacent to an activating group) is 1. The molecule has 2 aliphatic heterocycles. The first-order valence-electron chi connectivity index (χ1n) is 11.1. The highest BCUT2D eigenvalue weighted by Crippen LogP contribution is 2.29. The van der Waals surface area contributed by atoms with E-state index in [1.807, 2.05) is 7.05 Å². The number of benzene rings is 2. The van der Waals surface area contributed by atoms with Gasteiger partial charge in [-0.2, -0.15) is 4.31 Å². The molecule has 2 aromatic carbocycles. The Kier molecular flexibility index (Phi) is 7.61. The lowest BCUT2D eigenvalue weighted by Gasteiger charge is -2.38. The Morgan fingerprint density at radius 1 is 1.11 bits per heavy atom. The molecule has 3 aromatic rings. The molecule has 1 aromatic heterocycles. The molecule has 0 radical (unpaired) electrons. The van der Waals surface area contributed by atoms with Crippen LogP contribution in [0.25, 0.3) is 10.8 Å². The summed E-state index contributed by atoms with van der Waals surface area (Å²) in [7, 11) is -1.90. The summed E-state index contributed by atoms with van der Waals surface area (Å²) in [5, 5.41) is 2.42. The van der Waals surface area contributed by atoms with Crippen LogP contribution in [0.1, 0.15) is 20.4 Å². The highest BCUT2D eigenvalue weighted by atomic mass is 35.5. The van der Waals surface area contributed by atoms with Gasteiger partial charge in [0.2, 0.25) is 15.9 Å². The first kappa shape index (κ1) is 26.8. The number of primary amides is 1. The van der Waals surface area contributed by atoms with Gasteiger partial charge in [0.25, 0.3) is 5.91 Å². The van der Waals surface area contributed by atoms with E-state index in [1.54, 1.807) is 30.3 Å². The van der Waals surface area contributed by atoms with Gasteiger partial charge in [0.05, 0.1) is 10.6 Å². The zero-order chi connectivity index (χ0) is 24.9. The highest BCUT2D eigenvalue weighted by molar-refractivity contribution is 7.89. The number of sulfonamides is 1. The minimum absolute atomic E-state index is 0. The van der Waals surface area contributed by atoms with Crippen LogP contribution < -0.4 is 5.73 Å². The van der Waals surface area contributed by atoms with Crippen molar-refractivity contribution in [2.75, 3.05) is 33.2 Å². The summed E-state index contributed by atoms with van der Waals surface area (Å²) in [4.78, 5) is 34.8. The topological polar surface area (TPSA) is 117 Å². The molecule has 13 heteroatoms. The van der Waals surface area contributed by atoms with Gasteiger partial charge in [-0.1, -0.05) is 23.7 Å². The summed E-state index contributed by atoms with van der Waals surface area (Å²) in [5.41, 5.74) is 6.54. The number of carbonyl (C=O) groups is 2. The number of amides is 2. The summed E-state index contributed by atoms with van der Waals surface area (Å²) >= 11 is 7.35. The molecule has 0 bridgehead atoms. The Morgan fingerprint density at radius 3 is 2.58 bits per heavy atom. The van der Waals surface area contributed by atoms with Gasteiger partial charge in [-0.3, -0.25) is 9.59 Å². The third-order valence-corrected chi connectivity index (χ3v) is 9.62. The second-order valence-corrected chi connectivity index (χ2v) is 12.3. The van der Waals surface area contributed by atoms with Crippen molar-refractivity contribution in [3.8, 4) is 0 Å². The van der Waals surface area contributed by atoms with Gasteiger partial charge in [-0.05, 0) is 42.1 Å². The van der Waals surface area contributed by atoms with Crippen molar-refractivity contribution in [1.29, 1.82) is 0 Å². The smallest absolute Gasteiger partial charge is 0.283 e. The Hall–Kier alpha value is -2.28. The molecule has 36 heavy (non-hydrogen) atoms. The molecule has 0 saturated carbocycles. The van der Waals surface area contributed by atoms with Crippen LogP contribution in [-0.2, 0) is 27.8 Å². The molecule has 192 valence electrons. The maximum absolute atomic E-state index is 13.4. The SMILES string of the molecule is CN1CCc2nc(C(=O)N3CCN(S(=O)(=O)c4ccc5cc(Cl)ccc5c4)CC3C(N)=O)sc2C1.Cl. The van der Waals surface area contributed by atoms with E-state index in [9.17, 15) is 18.0 Å². The number of thiazole rings is 1. The second kappa shape index (κ2) is 10.2. The predicted octanol–water partition coefficient (Wildman–Crippen LogP) is 2.36. The zero-order valence-electron chi connectivity index (χ0n) is 19.4. The first-order valence-corrected chi connectivity index (χ1v) is 13.7. The summed E-state index contributed by atoms with van der Waals surface area (Å²) in [6, 6.07) is 8.91. The number of piperazine rings is 1. The molecule has 1 unspecified atom stereocenters. The van der Waals surface area contributed by atoms with Gasteiger partial charge in [-0.15, -0.1) is 23.7 Å². The summed E-state index contributed by atoms with van der Waals surface area (Å²) in [6.07, 6.45) is 0.763. The van der Waals surface area contributed by atoms with Gasteiger partial charge in [0.1, 0.15) is 6.04 Å². The van der Waals surface area contributed by atoms with Crippen molar-refractivity contribution in [2.45, 2.75) is 23.9 Å². The average molecular weight is 571 g/mol. The Morgan fingerprint density at radius 2 is 1.83 bits per heavy atom. The number of hydrogen-bond donors (Lipinski definition) is 1. The monoisotopic (exact) mass is 569 g/mol. The Bertz CT molecular complexity index is 1450. The minimum atomic E-state index is -3.92. The molecule has 2 aliphatic rings. The number of nitrogens with zero attached hydrogens (tertiary/aromatic N) is 4. The van der Waals surface area contributed by atoms with Crippen molar-refractivity contribution in [1.82, 2.24) is 19.1 Å². The van der Waals surface area contributed by atoms with Gasteiger partial charge in [0.15, 0.2) is 5.01 Å². The molecule has 5 rings (SSSR count). The largest absolute Gasteiger partial charge is 0.368 e. The van der Waals surface area contributed by atoms with E-state index in [2.05, 4.69) is 9.88 Å². The summed E-state index contributed by atoms with van der Waals surface area (Å²) in [5.74, 6) is -1.15. The number of fused-ring (bicyclic) bond motifs is 2. The number of aromatic nitrogens is 1. The maximum atomic E-state index is 13.4. The molecular formula is C23H25Cl2N5O4S2. The van der Waals surface area contributed by atoms with Crippen molar-refractivity contribution in [2.24, 2.45) is 5.73 Å². The first-order chi connectivity index (χ1) is 16.6. The van der Waals surface area contributed by atoms with Crippen LogP contribution in [0.2, 0.25) is 5.02 Å². The predicted molar refractivity (Wildman–Crippen MR) is 141 cm³/mol. The van der Waals surface area contributed by atoms with Crippen LogP contribution in [0, 0.1) is 0 Å². The molecule has 0 aliphatic carbocycles. The zero-order valence-corrected chi connectivity index (χ0v) is 22.6. The Balaban J connectivity index is 0.00000304. The average Bonchev–Trinajstić information content (AvgIpc) is 3.26. The number of halogens is 2. The fourth-order valence-electron chi connectivity index (χ4n) is 4.50. The van der Waals surface area contributed by atoms with E-state index in [0.29, 0.717) is 10.0 Å². The van der Waals surface area contributed by atoms with Gasteiger partial charge < -0.3 is 15.5 Å². The molecule has 9 nitrogen and oxygen atoms in total. The number of nitrogens with two attached hydrogens (primary N) is 1. The lowest BCUT2D eigenvalue weighted by Crippen LogP contribution is -2.60. The fraction of sp³-hybridized carbons (Fsp3) is 0.348. The van der Waals surface area contributed by atoms with Crippen molar-refractivity contribution in [3.63, 3.8) is 0 Å². The molecule has 1 atom stereocenters. The number of rotatable bonds is 4. The third-order valence-electron chi connectivity index (χ3n) is 6.45. The van der Waals surface area contributed by atoms with Gasteiger partial charge in [-0.25, -0.2) is 13.4 Å². The molecule has 2 N–H and O–H groups in total. The van der Waals surface area contributed by atoms with E-state index < -0.39 is 27.9 Å². The molecule has 0 spiro atoms. The Labute approximate surface area is 224 Å². The summed E-state index contributed by atoms with van der Waals surface area (Å²) in [6.45, 7) is 1.47. The normalized spacial score (nSPS) is 19.1. The van der Waals surface area contributed by atoms with Crippen LogP contribution in [0.3, 0.4) is 0 Å². The van der Waals surface area contributed by atoms with Crippen molar-refractivity contribution < 1.29 is 18.0 Å². The quantitative estimate of drug-likeness (QED) is 0.515. The van der Waals surface area contributed by atoms with Gasteiger partial charge in [0, 0.05) is 49.0 Å². The van der Waals surface area contributed by atoms with Crippen LogP contribution in [-0.4, -0.2) is 78.6 Å². The molecular weight excluding hydrogens is 545 g/mol. The van der Waals surface area contributed by atoms with E-state index in [4.69, 9.17) is 17.3 Å². The molecule has 1 fully saturated rings. The van der Waals surface area contributed by atoms with Crippen LogP contribution in [0.5, 0.6) is 0 Å². The molecule has 2 amide bonds.